The highest BCUT2D eigenvalue weighted by molar-refractivity contribution is 5.18. The summed E-state index contributed by atoms with van der Waals surface area (Å²) in [5.41, 5.74) is 1.37. The Labute approximate surface area is 164 Å². The van der Waals surface area contributed by atoms with Crippen LogP contribution in [0.15, 0.2) is 35.1 Å². The first-order chi connectivity index (χ1) is 13.2. The average Bonchev–Trinajstić information content (AvgIpc) is 2.60. The molecular formula is C21H28F2N4O. The van der Waals surface area contributed by atoms with Gasteiger partial charge in [0.05, 0.1) is 12.2 Å². The summed E-state index contributed by atoms with van der Waals surface area (Å²) in [6, 6.07) is 7.05. The van der Waals surface area contributed by atoms with Gasteiger partial charge in [0.15, 0.2) is 0 Å². The van der Waals surface area contributed by atoms with Crippen molar-refractivity contribution in [1.29, 1.82) is 0 Å². The molecule has 1 aromatic carbocycles. The van der Waals surface area contributed by atoms with E-state index >= 15 is 0 Å². The van der Waals surface area contributed by atoms with Crippen LogP contribution in [0, 0.1) is 11.6 Å². The van der Waals surface area contributed by atoms with Gasteiger partial charge in [-0.25, -0.2) is 13.5 Å². The van der Waals surface area contributed by atoms with Gasteiger partial charge >= 0.3 is 0 Å². The molecule has 0 aliphatic carbocycles. The normalized spacial score (nSPS) is 16.5. The van der Waals surface area contributed by atoms with Gasteiger partial charge in [-0.15, -0.1) is 0 Å². The Morgan fingerprint density at radius 2 is 1.54 bits per heavy atom. The van der Waals surface area contributed by atoms with E-state index in [-0.39, 0.29) is 11.0 Å². The van der Waals surface area contributed by atoms with Gasteiger partial charge in [0.2, 0.25) is 0 Å². The van der Waals surface area contributed by atoms with Gasteiger partial charge in [0.1, 0.15) is 11.6 Å². The van der Waals surface area contributed by atoms with Gasteiger partial charge in [-0.2, -0.15) is 5.10 Å². The van der Waals surface area contributed by atoms with Crippen LogP contribution >= 0.6 is 0 Å². The van der Waals surface area contributed by atoms with E-state index in [1.54, 1.807) is 16.8 Å². The van der Waals surface area contributed by atoms with Crippen LogP contribution in [0.25, 0.3) is 0 Å². The molecule has 0 unspecified atom stereocenters. The highest BCUT2D eigenvalue weighted by Crippen LogP contribution is 2.18. The summed E-state index contributed by atoms with van der Waals surface area (Å²) in [7, 11) is 0. The molecule has 152 valence electrons. The Morgan fingerprint density at radius 3 is 2.14 bits per heavy atom. The standard InChI is InChI=1S/C21H28F2N4O/c1-21(2,3)19-4-5-20(28)27(24-19)11-10-25-6-8-26(9-7-25)15-16-12-17(22)14-18(23)13-16/h4-5,12-14H,6-11,15H2,1-3H3. The molecule has 5 nitrogen and oxygen atoms in total. The Morgan fingerprint density at radius 1 is 0.929 bits per heavy atom. The van der Waals surface area contributed by atoms with Crippen LogP contribution in [-0.2, 0) is 18.5 Å². The van der Waals surface area contributed by atoms with E-state index in [1.807, 2.05) is 0 Å². The van der Waals surface area contributed by atoms with E-state index in [4.69, 9.17) is 0 Å². The molecule has 7 heteroatoms. The molecule has 0 saturated carbocycles. The van der Waals surface area contributed by atoms with Crippen LogP contribution in [0.1, 0.15) is 32.0 Å². The topological polar surface area (TPSA) is 41.4 Å². The van der Waals surface area contributed by atoms with Gasteiger partial charge in [0.25, 0.3) is 5.56 Å². The molecule has 1 saturated heterocycles. The van der Waals surface area contributed by atoms with Crippen LogP contribution in [0.5, 0.6) is 0 Å². The maximum atomic E-state index is 13.3. The fraction of sp³-hybridized carbons (Fsp3) is 0.524. The SMILES string of the molecule is CC(C)(C)c1ccc(=O)n(CCN2CCN(Cc3cc(F)cc(F)c3)CC2)n1. The quantitative estimate of drug-likeness (QED) is 0.787. The van der Waals surface area contributed by atoms with E-state index in [0.29, 0.717) is 18.7 Å². The third kappa shape index (κ3) is 5.45. The molecule has 28 heavy (non-hydrogen) atoms. The van der Waals surface area contributed by atoms with Crippen molar-refractivity contribution >= 4 is 0 Å². The van der Waals surface area contributed by atoms with Crippen molar-refractivity contribution in [2.75, 3.05) is 32.7 Å². The molecule has 0 atom stereocenters. The first-order valence-corrected chi connectivity index (χ1v) is 9.69. The Balaban J connectivity index is 1.52. The van der Waals surface area contributed by atoms with Crippen molar-refractivity contribution in [3.63, 3.8) is 0 Å². The molecule has 0 spiro atoms. The lowest BCUT2D eigenvalue weighted by Gasteiger charge is -2.34. The van der Waals surface area contributed by atoms with Gasteiger partial charge in [-0.3, -0.25) is 14.6 Å². The number of aromatic nitrogens is 2. The monoisotopic (exact) mass is 390 g/mol. The smallest absolute Gasteiger partial charge is 0.266 e. The molecule has 1 aliphatic rings. The lowest BCUT2D eigenvalue weighted by molar-refractivity contribution is 0.122. The molecule has 0 radical (unpaired) electrons. The maximum absolute atomic E-state index is 13.3. The summed E-state index contributed by atoms with van der Waals surface area (Å²) in [4.78, 5) is 16.6. The van der Waals surface area contributed by atoms with Gasteiger partial charge in [0, 0.05) is 56.8 Å². The summed E-state index contributed by atoms with van der Waals surface area (Å²) in [5, 5.41) is 4.51. The summed E-state index contributed by atoms with van der Waals surface area (Å²) >= 11 is 0. The predicted molar refractivity (Wildman–Crippen MR) is 105 cm³/mol. The van der Waals surface area contributed by atoms with E-state index in [9.17, 15) is 13.6 Å². The van der Waals surface area contributed by atoms with E-state index in [2.05, 4.69) is 35.7 Å². The highest BCUT2D eigenvalue weighted by atomic mass is 19.1. The zero-order valence-corrected chi connectivity index (χ0v) is 16.8. The minimum absolute atomic E-state index is 0.0835. The van der Waals surface area contributed by atoms with Crippen molar-refractivity contribution < 1.29 is 8.78 Å². The average molecular weight is 390 g/mol. The molecular weight excluding hydrogens is 362 g/mol. The highest BCUT2D eigenvalue weighted by Gasteiger charge is 2.19. The number of halogens is 2. The zero-order valence-electron chi connectivity index (χ0n) is 16.8. The Bertz CT molecular complexity index is 847. The third-order valence-electron chi connectivity index (χ3n) is 5.06. The number of hydrogen-bond donors (Lipinski definition) is 0. The van der Waals surface area contributed by atoms with E-state index in [1.165, 1.54) is 12.1 Å². The van der Waals surface area contributed by atoms with Crippen molar-refractivity contribution in [3.8, 4) is 0 Å². The Hall–Kier alpha value is -2.12. The van der Waals surface area contributed by atoms with Gasteiger partial charge < -0.3 is 0 Å². The number of hydrogen-bond acceptors (Lipinski definition) is 4. The van der Waals surface area contributed by atoms with Crippen LogP contribution in [0.3, 0.4) is 0 Å². The second kappa shape index (κ2) is 8.49. The first-order valence-electron chi connectivity index (χ1n) is 9.69. The molecule has 1 aliphatic heterocycles. The van der Waals surface area contributed by atoms with Crippen molar-refractivity contribution in [3.05, 3.63) is 63.6 Å². The van der Waals surface area contributed by atoms with Gasteiger partial charge in [-0.05, 0) is 23.8 Å². The van der Waals surface area contributed by atoms with E-state index in [0.717, 1.165) is 44.5 Å². The molecule has 0 bridgehead atoms. The number of nitrogens with zero attached hydrogens (tertiary/aromatic N) is 4. The summed E-state index contributed by atoms with van der Waals surface area (Å²) in [6.07, 6.45) is 0. The molecule has 2 heterocycles. The maximum Gasteiger partial charge on any atom is 0.266 e. The van der Waals surface area contributed by atoms with Crippen molar-refractivity contribution in [2.24, 2.45) is 0 Å². The molecule has 1 aromatic heterocycles. The molecule has 0 N–H and O–H groups in total. The van der Waals surface area contributed by atoms with Crippen molar-refractivity contribution in [1.82, 2.24) is 19.6 Å². The zero-order chi connectivity index (χ0) is 20.3. The molecule has 0 amide bonds. The minimum atomic E-state index is -0.538. The molecule has 2 aromatic rings. The third-order valence-corrected chi connectivity index (χ3v) is 5.06. The van der Waals surface area contributed by atoms with Crippen LogP contribution in [-0.4, -0.2) is 52.3 Å². The second-order valence-electron chi connectivity index (χ2n) is 8.43. The number of piperazine rings is 1. The largest absolute Gasteiger partial charge is 0.299 e. The lowest BCUT2D eigenvalue weighted by atomic mass is 9.92. The summed E-state index contributed by atoms with van der Waals surface area (Å²) in [6.45, 7) is 11.4. The van der Waals surface area contributed by atoms with Gasteiger partial charge in [-0.1, -0.05) is 20.8 Å². The Kier molecular flexibility index (Phi) is 6.25. The molecule has 1 fully saturated rings. The minimum Gasteiger partial charge on any atom is -0.299 e. The first kappa shape index (κ1) is 20.6. The second-order valence-corrected chi connectivity index (χ2v) is 8.43. The number of benzene rings is 1. The lowest BCUT2D eigenvalue weighted by Crippen LogP contribution is -2.47. The summed E-state index contributed by atoms with van der Waals surface area (Å²) in [5.74, 6) is -1.08. The fourth-order valence-electron chi connectivity index (χ4n) is 3.38. The van der Waals surface area contributed by atoms with Crippen LogP contribution in [0.4, 0.5) is 8.78 Å². The summed E-state index contributed by atoms with van der Waals surface area (Å²) < 4.78 is 28.2. The van der Waals surface area contributed by atoms with E-state index < -0.39 is 11.6 Å². The van der Waals surface area contributed by atoms with Crippen LogP contribution in [0.2, 0.25) is 0 Å². The van der Waals surface area contributed by atoms with Crippen LogP contribution < -0.4 is 5.56 Å². The van der Waals surface area contributed by atoms with Crippen molar-refractivity contribution in [2.45, 2.75) is 39.3 Å². The predicted octanol–water partition coefficient (Wildman–Crippen LogP) is 2.64. The number of rotatable bonds is 5. The molecule has 3 rings (SSSR count). The fourth-order valence-corrected chi connectivity index (χ4v) is 3.38.